The van der Waals surface area contributed by atoms with Crippen LogP contribution in [0.15, 0.2) is 53.3 Å². The highest BCUT2D eigenvalue weighted by molar-refractivity contribution is 6.30. The molecule has 5 rings (SSSR count). The van der Waals surface area contributed by atoms with Gasteiger partial charge >= 0.3 is 0 Å². The summed E-state index contributed by atoms with van der Waals surface area (Å²) < 4.78 is 13.3. The molecular weight excluding hydrogens is 442 g/mol. The number of benzene rings is 2. The molecule has 1 atom stereocenters. The molecule has 0 N–H and O–H groups in total. The fraction of sp³-hybridized carbons (Fsp3) is 0.333. The predicted molar refractivity (Wildman–Crippen MR) is 124 cm³/mol. The molecule has 0 bridgehead atoms. The topological polar surface area (TPSA) is 86.3 Å². The quantitative estimate of drug-likeness (QED) is 0.386. The largest absolute Gasteiger partial charge is 0.481 e. The number of aryl methyl sites for hydroxylation is 1. The zero-order valence-corrected chi connectivity index (χ0v) is 19.0. The van der Waals surface area contributed by atoms with Crippen LogP contribution in [0.5, 0.6) is 5.75 Å². The molecule has 33 heavy (non-hydrogen) atoms. The van der Waals surface area contributed by atoms with Gasteiger partial charge in [-0.2, -0.15) is 4.98 Å². The van der Waals surface area contributed by atoms with Crippen LogP contribution in [0.4, 0.5) is 0 Å². The van der Waals surface area contributed by atoms with Crippen LogP contribution in [-0.2, 0) is 11.3 Å². The van der Waals surface area contributed by atoms with Crippen LogP contribution < -0.4 is 4.74 Å². The number of hydrogen-bond donors (Lipinski definition) is 0. The van der Waals surface area contributed by atoms with Gasteiger partial charge in [0.1, 0.15) is 5.75 Å². The zero-order chi connectivity index (χ0) is 22.8. The number of carbonyl (C=O) groups excluding carboxylic acids is 1. The Hall–Kier alpha value is -3.39. The lowest BCUT2D eigenvalue weighted by molar-refractivity contribution is -0.130. The summed E-state index contributed by atoms with van der Waals surface area (Å²) >= 11 is 6.01. The van der Waals surface area contributed by atoms with Gasteiger partial charge < -0.3 is 18.7 Å². The minimum absolute atomic E-state index is 0.208. The number of ether oxygens (including phenoxy) is 1. The van der Waals surface area contributed by atoms with E-state index in [4.69, 9.17) is 20.9 Å². The van der Waals surface area contributed by atoms with Gasteiger partial charge in [0, 0.05) is 36.6 Å². The first-order chi connectivity index (χ1) is 16.1. The maximum absolute atomic E-state index is 12.4. The van der Waals surface area contributed by atoms with E-state index in [1.807, 2.05) is 46.7 Å². The second-order valence-electron chi connectivity index (χ2n) is 8.15. The Kier molecular flexibility index (Phi) is 6.00. The average molecular weight is 466 g/mol. The molecule has 0 spiro atoms. The lowest BCUT2D eigenvalue weighted by Crippen LogP contribution is -2.28. The first-order valence-electron chi connectivity index (χ1n) is 11.1. The van der Waals surface area contributed by atoms with E-state index in [0.29, 0.717) is 35.5 Å². The van der Waals surface area contributed by atoms with E-state index in [9.17, 15) is 4.79 Å². The van der Waals surface area contributed by atoms with Crippen molar-refractivity contribution in [2.24, 2.45) is 0 Å². The third-order valence-electron chi connectivity index (χ3n) is 5.80. The molecule has 0 saturated carbocycles. The fourth-order valence-electron chi connectivity index (χ4n) is 4.03. The van der Waals surface area contributed by atoms with Gasteiger partial charge in [-0.05, 0) is 56.2 Å². The molecule has 1 saturated heterocycles. The van der Waals surface area contributed by atoms with Crippen molar-refractivity contribution in [2.75, 3.05) is 13.1 Å². The highest BCUT2D eigenvalue weighted by atomic mass is 35.5. The molecule has 0 aliphatic carbocycles. The molecule has 1 aliphatic rings. The summed E-state index contributed by atoms with van der Waals surface area (Å²) in [5, 5.41) is 4.70. The third kappa shape index (κ3) is 4.71. The van der Waals surface area contributed by atoms with Crippen LogP contribution >= 0.6 is 11.6 Å². The van der Waals surface area contributed by atoms with Crippen LogP contribution in [0.3, 0.4) is 0 Å². The van der Waals surface area contributed by atoms with E-state index >= 15 is 0 Å². The number of aromatic nitrogens is 4. The first-order valence-corrected chi connectivity index (χ1v) is 11.4. The van der Waals surface area contributed by atoms with Crippen molar-refractivity contribution >= 4 is 28.5 Å². The zero-order valence-electron chi connectivity index (χ0n) is 18.3. The molecule has 2 aromatic heterocycles. The van der Waals surface area contributed by atoms with Gasteiger partial charge in [-0.25, -0.2) is 4.98 Å². The molecule has 2 aromatic carbocycles. The number of likely N-dealkylation sites (tertiary alicyclic amines) is 1. The van der Waals surface area contributed by atoms with E-state index in [1.165, 1.54) is 0 Å². The molecule has 1 aliphatic heterocycles. The fourth-order valence-corrected chi connectivity index (χ4v) is 4.21. The maximum Gasteiger partial charge on any atom is 0.267 e. The van der Waals surface area contributed by atoms with E-state index in [1.54, 1.807) is 18.5 Å². The van der Waals surface area contributed by atoms with Crippen LogP contribution in [0.1, 0.15) is 38.2 Å². The molecule has 0 unspecified atom stereocenters. The van der Waals surface area contributed by atoms with Crippen molar-refractivity contribution in [1.29, 1.82) is 0 Å². The highest BCUT2D eigenvalue weighted by Gasteiger charge is 2.19. The van der Waals surface area contributed by atoms with E-state index < -0.39 is 6.10 Å². The van der Waals surface area contributed by atoms with Crippen molar-refractivity contribution < 1.29 is 14.1 Å². The Morgan fingerprint density at radius 2 is 2.06 bits per heavy atom. The number of carbonyl (C=O) groups is 1. The molecule has 9 heteroatoms. The normalized spacial score (nSPS) is 14.7. The molecule has 3 heterocycles. The number of fused-ring (bicyclic) bond motifs is 1. The second-order valence-corrected chi connectivity index (χ2v) is 8.59. The van der Waals surface area contributed by atoms with Gasteiger partial charge in [-0.15, -0.1) is 0 Å². The molecule has 1 fully saturated rings. The summed E-state index contributed by atoms with van der Waals surface area (Å²) in [6.07, 6.45) is 4.03. The summed E-state index contributed by atoms with van der Waals surface area (Å²) in [5.41, 5.74) is 2.58. The van der Waals surface area contributed by atoms with Crippen LogP contribution in [0.2, 0.25) is 5.02 Å². The highest BCUT2D eigenvalue weighted by Crippen LogP contribution is 2.26. The Morgan fingerprint density at radius 1 is 1.21 bits per heavy atom. The summed E-state index contributed by atoms with van der Waals surface area (Å²) in [4.78, 5) is 23.3. The van der Waals surface area contributed by atoms with Gasteiger partial charge in [-0.3, -0.25) is 4.79 Å². The van der Waals surface area contributed by atoms with Crippen molar-refractivity contribution in [3.63, 3.8) is 0 Å². The van der Waals surface area contributed by atoms with Gasteiger partial charge in [0.05, 0.1) is 17.4 Å². The monoisotopic (exact) mass is 465 g/mol. The van der Waals surface area contributed by atoms with Crippen molar-refractivity contribution in [1.82, 2.24) is 24.6 Å². The summed E-state index contributed by atoms with van der Waals surface area (Å²) in [7, 11) is 0. The lowest BCUT2D eigenvalue weighted by Gasteiger charge is -2.15. The number of hydrogen-bond acceptors (Lipinski definition) is 6. The number of amides is 1. The van der Waals surface area contributed by atoms with Crippen molar-refractivity contribution in [3.8, 4) is 17.1 Å². The number of nitrogens with zero attached hydrogens (tertiary/aromatic N) is 5. The smallest absolute Gasteiger partial charge is 0.267 e. The van der Waals surface area contributed by atoms with Gasteiger partial charge in [0.25, 0.3) is 5.89 Å². The summed E-state index contributed by atoms with van der Waals surface area (Å²) in [6, 6.07) is 13.0. The standard InChI is InChI=1S/C24H24ClN5O3/c1-16(32-19-6-4-5-18(25)14-19)24-27-23(28-33-24)17-7-8-21-20(13-17)26-15-30(21)12-9-22(31)29-10-2-3-11-29/h4-8,13-16H,2-3,9-12H2,1H3/t16-/m0/s1. The Labute approximate surface area is 196 Å². The van der Waals surface area contributed by atoms with Crippen LogP contribution in [0.25, 0.3) is 22.4 Å². The Bertz CT molecular complexity index is 1280. The Morgan fingerprint density at radius 3 is 2.88 bits per heavy atom. The lowest BCUT2D eigenvalue weighted by atomic mass is 10.2. The number of halogens is 1. The van der Waals surface area contributed by atoms with Crippen LogP contribution in [-0.4, -0.2) is 43.6 Å². The molecular formula is C24H24ClN5O3. The van der Waals surface area contributed by atoms with Crippen LogP contribution in [0, 0.1) is 0 Å². The van der Waals surface area contributed by atoms with E-state index in [2.05, 4.69) is 15.1 Å². The van der Waals surface area contributed by atoms with E-state index in [-0.39, 0.29) is 5.91 Å². The van der Waals surface area contributed by atoms with Crippen molar-refractivity contribution in [2.45, 2.75) is 38.8 Å². The molecule has 170 valence electrons. The summed E-state index contributed by atoms with van der Waals surface area (Å²) in [5.74, 6) is 1.67. The second kappa shape index (κ2) is 9.23. The molecule has 0 radical (unpaired) electrons. The van der Waals surface area contributed by atoms with E-state index in [0.717, 1.165) is 42.5 Å². The SMILES string of the molecule is C[C@H](Oc1cccc(Cl)c1)c1nc(-c2ccc3c(c2)ncn3CCC(=O)N2CCCC2)no1. The third-order valence-corrected chi connectivity index (χ3v) is 6.04. The average Bonchev–Trinajstić information content (AvgIpc) is 3.58. The minimum atomic E-state index is -0.430. The van der Waals surface area contributed by atoms with Gasteiger partial charge in [0.2, 0.25) is 11.7 Å². The Balaban J connectivity index is 1.27. The number of rotatable bonds is 7. The van der Waals surface area contributed by atoms with Gasteiger partial charge in [-0.1, -0.05) is 22.8 Å². The molecule has 1 amide bonds. The maximum atomic E-state index is 12.4. The number of imidazole rings is 1. The first kappa shape index (κ1) is 21.5. The van der Waals surface area contributed by atoms with Crippen molar-refractivity contribution in [3.05, 3.63) is 59.7 Å². The predicted octanol–water partition coefficient (Wildman–Crippen LogP) is 4.89. The summed E-state index contributed by atoms with van der Waals surface area (Å²) in [6.45, 7) is 4.20. The molecule has 4 aromatic rings. The molecule has 8 nitrogen and oxygen atoms in total. The minimum Gasteiger partial charge on any atom is -0.481 e. The van der Waals surface area contributed by atoms with Gasteiger partial charge in [0.15, 0.2) is 6.10 Å².